The van der Waals surface area contributed by atoms with Gasteiger partial charge in [0, 0.05) is 25.0 Å². The Labute approximate surface area is 152 Å². The first-order valence-corrected chi connectivity index (χ1v) is 9.46. The van der Waals surface area contributed by atoms with E-state index in [1.165, 1.54) is 0 Å². The normalized spacial score (nSPS) is 23.3. The van der Waals surface area contributed by atoms with Gasteiger partial charge < -0.3 is 15.5 Å². The van der Waals surface area contributed by atoms with Gasteiger partial charge in [0.05, 0.1) is 11.6 Å². The second kappa shape index (κ2) is 7.45. The van der Waals surface area contributed by atoms with Gasteiger partial charge >= 0.3 is 0 Å². The molecule has 0 bridgehead atoms. The summed E-state index contributed by atoms with van der Waals surface area (Å²) in [5.41, 5.74) is 1.36. The Morgan fingerprint density at radius 1 is 1.23 bits per heavy atom. The first kappa shape index (κ1) is 17.0. The van der Waals surface area contributed by atoms with Crippen molar-refractivity contribution in [3.63, 3.8) is 0 Å². The van der Waals surface area contributed by atoms with Crippen molar-refractivity contribution in [2.24, 2.45) is 5.92 Å². The fourth-order valence-corrected chi connectivity index (χ4v) is 3.97. The molecule has 3 heterocycles. The number of hydrogen-bond acceptors (Lipinski definition) is 4. The van der Waals surface area contributed by atoms with Crippen molar-refractivity contribution in [2.75, 3.05) is 26.2 Å². The molecule has 1 aromatic heterocycles. The second-order valence-corrected chi connectivity index (χ2v) is 7.27. The molecule has 26 heavy (non-hydrogen) atoms. The molecule has 2 unspecified atom stereocenters. The van der Waals surface area contributed by atoms with Crippen LogP contribution >= 0.6 is 0 Å². The lowest BCUT2D eigenvalue weighted by Gasteiger charge is -2.32. The van der Waals surface area contributed by atoms with Crippen LogP contribution in [0.5, 0.6) is 0 Å². The second-order valence-electron chi connectivity index (χ2n) is 7.27. The highest BCUT2D eigenvalue weighted by Gasteiger charge is 2.28. The number of nitrogens with zero attached hydrogens (tertiary/aromatic N) is 2. The number of aromatic amines is 1. The van der Waals surface area contributed by atoms with Crippen molar-refractivity contribution in [3.05, 3.63) is 30.0 Å². The number of H-pyrrole nitrogens is 1. The van der Waals surface area contributed by atoms with E-state index in [4.69, 9.17) is 0 Å². The summed E-state index contributed by atoms with van der Waals surface area (Å²) < 4.78 is 0. The number of fused-ring (bicyclic) bond motifs is 1. The van der Waals surface area contributed by atoms with Gasteiger partial charge in [0.1, 0.15) is 0 Å². The molecule has 4 rings (SSSR count). The monoisotopic (exact) mass is 355 g/mol. The summed E-state index contributed by atoms with van der Waals surface area (Å²) >= 11 is 0. The van der Waals surface area contributed by atoms with Gasteiger partial charge in [-0.2, -0.15) is 5.10 Å². The Hall–Kier alpha value is -2.41. The smallest absolute Gasteiger partial charge is 0.275 e. The van der Waals surface area contributed by atoms with E-state index in [0.29, 0.717) is 24.7 Å². The summed E-state index contributed by atoms with van der Waals surface area (Å²) in [6.07, 6.45) is 3.95. The summed E-state index contributed by atoms with van der Waals surface area (Å²) in [7, 11) is 0. The van der Waals surface area contributed by atoms with Gasteiger partial charge in [-0.25, -0.2) is 0 Å². The number of piperidine rings is 1. The van der Waals surface area contributed by atoms with Gasteiger partial charge in [-0.15, -0.1) is 0 Å². The molecule has 0 saturated carbocycles. The van der Waals surface area contributed by atoms with E-state index in [1.54, 1.807) is 0 Å². The number of nitrogens with one attached hydrogen (secondary N) is 3. The third-order valence-corrected chi connectivity index (χ3v) is 5.42. The fraction of sp³-hybridized carbons (Fsp3) is 0.526. The zero-order chi connectivity index (χ0) is 17.9. The first-order chi connectivity index (χ1) is 12.7. The predicted octanol–water partition coefficient (Wildman–Crippen LogP) is 1.28. The third-order valence-electron chi connectivity index (χ3n) is 5.42. The van der Waals surface area contributed by atoms with Gasteiger partial charge in [0.25, 0.3) is 5.91 Å². The van der Waals surface area contributed by atoms with Crippen LogP contribution in [0.1, 0.15) is 36.2 Å². The summed E-state index contributed by atoms with van der Waals surface area (Å²) in [4.78, 5) is 27.0. The minimum atomic E-state index is -0.0493. The van der Waals surface area contributed by atoms with Crippen molar-refractivity contribution in [2.45, 2.75) is 31.7 Å². The third kappa shape index (κ3) is 3.44. The predicted molar refractivity (Wildman–Crippen MR) is 98.8 cm³/mol. The maximum atomic E-state index is 12.9. The zero-order valence-electron chi connectivity index (χ0n) is 14.8. The Morgan fingerprint density at radius 3 is 2.96 bits per heavy atom. The highest BCUT2D eigenvalue weighted by atomic mass is 16.2. The topological polar surface area (TPSA) is 90.1 Å². The fourth-order valence-electron chi connectivity index (χ4n) is 3.97. The maximum absolute atomic E-state index is 12.9. The van der Waals surface area contributed by atoms with Crippen LogP contribution in [0.3, 0.4) is 0 Å². The number of rotatable bonds is 4. The van der Waals surface area contributed by atoms with E-state index in [0.717, 1.165) is 49.7 Å². The molecule has 2 aromatic rings. The Morgan fingerprint density at radius 2 is 2.12 bits per heavy atom. The van der Waals surface area contributed by atoms with Crippen LogP contribution in [-0.2, 0) is 4.79 Å². The molecule has 1 aromatic carbocycles. The molecule has 2 aliphatic rings. The van der Waals surface area contributed by atoms with Crippen LogP contribution in [-0.4, -0.2) is 59.1 Å². The SMILES string of the molecule is O=C(NCC1CCCN(C(=O)c2n[nH]c3ccccc23)C1)C1CCCN1. The van der Waals surface area contributed by atoms with Gasteiger partial charge in [-0.3, -0.25) is 14.7 Å². The van der Waals surface area contributed by atoms with Crippen molar-refractivity contribution in [1.82, 2.24) is 25.7 Å². The minimum Gasteiger partial charge on any atom is -0.354 e. The quantitative estimate of drug-likeness (QED) is 0.771. The zero-order valence-corrected chi connectivity index (χ0v) is 14.8. The standard InChI is InChI=1S/C19H25N5O2/c25-18(16-8-3-9-20-16)21-11-13-5-4-10-24(12-13)19(26)17-14-6-1-2-7-15(14)22-23-17/h1-2,6-7,13,16,20H,3-5,8-12H2,(H,21,25)(H,22,23). The van der Waals surface area contributed by atoms with Gasteiger partial charge in [0.2, 0.25) is 5.91 Å². The molecule has 2 fully saturated rings. The Balaban J connectivity index is 1.37. The highest BCUT2D eigenvalue weighted by molar-refractivity contribution is 6.04. The van der Waals surface area contributed by atoms with Gasteiger partial charge in [0.15, 0.2) is 5.69 Å². The summed E-state index contributed by atoms with van der Waals surface area (Å²) in [6, 6.07) is 7.63. The average Bonchev–Trinajstić information content (AvgIpc) is 3.35. The minimum absolute atomic E-state index is 0.0315. The van der Waals surface area contributed by atoms with Crippen molar-refractivity contribution in [1.29, 1.82) is 0 Å². The maximum Gasteiger partial charge on any atom is 0.275 e. The van der Waals surface area contributed by atoms with Gasteiger partial charge in [-0.1, -0.05) is 18.2 Å². The van der Waals surface area contributed by atoms with Crippen LogP contribution in [0.25, 0.3) is 10.9 Å². The molecule has 7 nitrogen and oxygen atoms in total. The Kier molecular flexibility index (Phi) is 4.88. The summed E-state index contributed by atoms with van der Waals surface area (Å²) in [6.45, 7) is 2.95. The molecular weight excluding hydrogens is 330 g/mol. The van der Waals surface area contributed by atoms with Crippen LogP contribution < -0.4 is 10.6 Å². The number of aromatic nitrogens is 2. The molecule has 2 aliphatic heterocycles. The number of amides is 2. The van der Waals surface area contributed by atoms with E-state index in [9.17, 15) is 9.59 Å². The summed E-state index contributed by atoms with van der Waals surface area (Å²) in [5.74, 6) is 0.350. The van der Waals surface area contributed by atoms with Crippen LogP contribution in [0.15, 0.2) is 24.3 Å². The molecule has 2 saturated heterocycles. The van der Waals surface area contributed by atoms with Crippen LogP contribution in [0.2, 0.25) is 0 Å². The van der Waals surface area contributed by atoms with E-state index in [-0.39, 0.29) is 17.9 Å². The number of likely N-dealkylation sites (tertiary alicyclic amines) is 1. The van der Waals surface area contributed by atoms with E-state index in [1.807, 2.05) is 29.2 Å². The average molecular weight is 355 g/mol. The molecule has 138 valence electrons. The number of benzene rings is 1. The van der Waals surface area contributed by atoms with E-state index >= 15 is 0 Å². The molecule has 2 amide bonds. The lowest BCUT2D eigenvalue weighted by molar-refractivity contribution is -0.123. The number of hydrogen-bond donors (Lipinski definition) is 3. The van der Waals surface area contributed by atoms with Crippen LogP contribution in [0.4, 0.5) is 0 Å². The molecule has 0 radical (unpaired) electrons. The van der Waals surface area contributed by atoms with Crippen LogP contribution in [0, 0.1) is 5.92 Å². The molecule has 0 aliphatic carbocycles. The molecule has 7 heteroatoms. The van der Waals surface area contributed by atoms with Gasteiger partial charge in [-0.05, 0) is 44.2 Å². The van der Waals surface area contributed by atoms with E-state index in [2.05, 4.69) is 20.8 Å². The number of para-hydroxylation sites is 1. The molecular formula is C19H25N5O2. The highest BCUT2D eigenvalue weighted by Crippen LogP contribution is 2.21. The molecule has 2 atom stereocenters. The lowest BCUT2D eigenvalue weighted by atomic mass is 9.97. The largest absolute Gasteiger partial charge is 0.354 e. The molecule has 3 N–H and O–H groups in total. The Bertz CT molecular complexity index is 796. The first-order valence-electron chi connectivity index (χ1n) is 9.46. The number of carbonyl (C=O) groups excluding carboxylic acids is 2. The molecule has 0 spiro atoms. The van der Waals surface area contributed by atoms with Crippen molar-refractivity contribution in [3.8, 4) is 0 Å². The van der Waals surface area contributed by atoms with Crippen molar-refractivity contribution >= 4 is 22.7 Å². The lowest BCUT2D eigenvalue weighted by Crippen LogP contribution is -2.46. The van der Waals surface area contributed by atoms with E-state index < -0.39 is 0 Å². The summed E-state index contributed by atoms with van der Waals surface area (Å²) in [5, 5.41) is 14.3. The van der Waals surface area contributed by atoms with Crippen molar-refractivity contribution < 1.29 is 9.59 Å². The number of carbonyl (C=O) groups is 2.